The van der Waals surface area contributed by atoms with Crippen LogP contribution >= 0.6 is 69.6 Å². The van der Waals surface area contributed by atoms with E-state index in [0.717, 1.165) is 12.1 Å². The molecule has 0 spiro atoms. The molecule has 2 amide bonds. The normalized spacial score (nSPS) is 18.3. The summed E-state index contributed by atoms with van der Waals surface area (Å²) in [6.45, 7) is 0. The highest BCUT2D eigenvalue weighted by atomic mass is 35.5. The van der Waals surface area contributed by atoms with E-state index in [0.29, 0.717) is 21.3 Å². The van der Waals surface area contributed by atoms with E-state index in [1.165, 1.54) is 24.3 Å². The summed E-state index contributed by atoms with van der Waals surface area (Å²) in [7, 11) is 0. The predicted molar refractivity (Wildman–Crippen MR) is 137 cm³/mol. The van der Waals surface area contributed by atoms with Crippen molar-refractivity contribution in [3.05, 3.63) is 91.6 Å². The van der Waals surface area contributed by atoms with Crippen LogP contribution in [0.25, 0.3) is 0 Å². The van der Waals surface area contributed by atoms with Gasteiger partial charge in [-0.3, -0.25) is 9.59 Å². The van der Waals surface area contributed by atoms with Crippen LogP contribution in [0.2, 0.25) is 20.1 Å². The number of nitrogens with one attached hydrogen (secondary N) is 2. The average molecular weight is 581 g/mol. The fourth-order valence-corrected chi connectivity index (χ4v) is 5.39. The molecule has 0 heterocycles. The number of carbonyl (C=O) groups is 2. The third-order valence-electron chi connectivity index (χ3n) is 5.24. The molecular weight excluding hydrogens is 568 g/mol. The van der Waals surface area contributed by atoms with Gasteiger partial charge in [0.25, 0.3) is 5.91 Å². The first kappa shape index (κ1) is 25.4. The molecular formula is C23H13Cl6FN2O2. The zero-order valence-electron chi connectivity index (χ0n) is 16.8. The topological polar surface area (TPSA) is 58.2 Å². The van der Waals surface area contributed by atoms with Crippen LogP contribution in [0.15, 0.2) is 54.6 Å². The smallest absolute Gasteiger partial charge is 0.257 e. The molecule has 3 aromatic carbocycles. The molecule has 1 aliphatic rings. The number of anilines is 2. The fourth-order valence-electron chi connectivity index (χ4n) is 3.60. The maximum atomic E-state index is 13.3. The Balaban J connectivity index is 1.52. The van der Waals surface area contributed by atoms with E-state index in [-0.39, 0.29) is 21.3 Å². The zero-order chi connectivity index (χ0) is 24.8. The minimum absolute atomic E-state index is 0.0235. The van der Waals surface area contributed by atoms with Gasteiger partial charge in [-0.05, 0) is 60.2 Å². The van der Waals surface area contributed by atoms with Crippen molar-refractivity contribution in [2.75, 3.05) is 10.6 Å². The van der Waals surface area contributed by atoms with Crippen LogP contribution in [0.1, 0.15) is 21.8 Å². The van der Waals surface area contributed by atoms with Crippen molar-refractivity contribution in [3.63, 3.8) is 0 Å². The quantitative estimate of drug-likeness (QED) is 0.299. The molecule has 1 aliphatic carbocycles. The molecule has 0 bridgehead atoms. The fraction of sp³-hybridized carbons (Fsp3) is 0.130. The van der Waals surface area contributed by atoms with Gasteiger partial charge in [-0.1, -0.05) is 46.4 Å². The van der Waals surface area contributed by atoms with E-state index in [9.17, 15) is 14.0 Å². The zero-order valence-corrected chi connectivity index (χ0v) is 21.3. The van der Waals surface area contributed by atoms with Gasteiger partial charge in [0.2, 0.25) is 5.91 Å². The number of carbonyl (C=O) groups excluding carboxylic acids is 2. The molecule has 2 N–H and O–H groups in total. The molecule has 0 aromatic heterocycles. The van der Waals surface area contributed by atoms with Gasteiger partial charge < -0.3 is 10.6 Å². The van der Waals surface area contributed by atoms with Crippen molar-refractivity contribution in [2.24, 2.45) is 5.92 Å². The van der Waals surface area contributed by atoms with Gasteiger partial charge in [-0.2, -0.15) is 0 Å². The Kier molecular flexibility index (Phi) is 7.26. The van der Waals surface area contributed by atoms with Crippen LogP contribution in [-0.2, 0) is 4.79 Å². The number of rotatable bonds is 5. The molecule has 0 radical (unpaired) electrons. The van der Waals surface area contributed by atoms with Crippen molar-refractivity contribution < 1.29 is 14.0 Å². The van der Waals surface area contributed by atoms with Gasteiger partial charge in [-0.15, -0.1) is 23.2 Å². The highest BCUT2D eigenvalue weighted by Gasteiger charge is 2.67. The van der Waals surface area contributed by atoms with E-state index in [2.05, 4.69) is 10.6 Å². The van der Waals surface area contributed by atoms with Crippen molar-refractivity contribution in [2.45, 2.75) is 10.3 Å². The van der Waals surface area contributed by atoms with Crippen molar-refractivity contribution >= 4 is 92.8 Å². The van der Waals surface area contributed by atoms with Crippen molar-refractivity contribution in [1.82, 2.24) is 0 Å². The Morgan fingerprint density at radius 1 is 0.824 bits per heavy atom. The largest absolute Gasteiger partial charge is 0.326 e. The van der Waals surface area contributed by atoms with Gasteiger partial charge in [0.15, 0.2) is 0 Å². The van der Waals surface area contributed by atoms with Crippen molar-refractivity contribution in [1.29, 1.82) is 0 Å². The number of amides is 2. The maximum absolute atomic E-state index is 13.3. The lowest BCUT2D eigenvalue weighted by atomic mass is 10.1. The van der Waals surface area contributed by atoms with Crippen molar-refractivity contribution in [3.8, 4) is 0 Å². The second-order valence-corrected chi connectivity index (χ2v) is 10.7. The molecule has 11 heteroatoms. The highest BCUT2D eigenvalue weighted by molar-refractivity contribution is 6.53. The van der Waals surface area contributed by atoms with Crippen LogP contribution < -0.4 is 10.6 Å². The molecule has 1 fully saturated rings. The molecule has 2 atom stereocenters. The van der Waals surface area contributed by atoms with E-state index in [1.54, 1.807) is 18.2 Å². The minimum Gasteiger partial charge on any atom is -0.326 e. The monoisotopic (exact) mass is 578 g/mol. The lowest BCUT2D eigenvalue weighted by Crippen LogP contribution is -2.18. The summed E-state index contributed by atoms with van der Waals surface area (Å²) < 4.78 is 11.9. The average Bonchev–Trinajstić information content (AvgIpc) is 3.33. The number of hydrogen-bond donors (Lipinski definition) is 2. The Bertz CT molecular complexity index is 1300. The van der Waals surface area contributed by atoms with Crippen LogP contribution in [0.4, 0.5) is 15.8 Å². The summed E-state index contributed by atoms with van der Waals surface area (Å²) in [4.78, 5) is 25.7. The lowest BCUT2D eigenvalue weighted by Gasteiger charge is -2.11. The minimum atomic E-state index is -1.36. The molecule has 176 valence electrons. The molecule has 0 aliphatic heterocycles. The predicted octanol–water partition coefficient (Wildman–Crippen LogP) is 8.22. The van der Waals surface area contributed by atoms with E-state index in [4.69, 9.17) is 69.6 Å². The number of alkyl halides is 2. The first-order valence-electron chi connectivity index (χ1n) is 9.68. The Hall–Kier alpha value is -1.73. The Morgan fingerprint density at radius 2 is 1.50 bits per heavy atom. The van der Waals surface area contributed by atoms with E-state index >= 15 is 0 Å². The van der Waals surface area contributed by atoms with E-state index < -0.39 is 33.8 Å². The molecule has 4 nitrogen and oxygen atoms in total. The summed E-state index contributed by atoms with van der Waals surface area (Å²) in [5.41, 5.74) is 1.20. The standard InChI is InChI=1S/C23H13Cl6FN2O2/c24-11-5-10(6-12(25)7-11)19-20(23(19,28)29)22(34)31-14-2-3-16(26)15(9-14)21(33)32-18-4-1-13(30)8-17(18)27/h1-9,19-20H,(H,31,34)(H,32,33)/t19-,20+/m1/s1. The summed E-state index contributed by atoms with van der Waals surface area (Å²) in [5, 5.41) is 6.22. The number of benzene rings is 3. The summed E-state index contributed by atoms with van der Waals surface area (Å²) in [5.74, 6) is -2.91. The van der Waals surface area contributed by atoms with Gasteiger partial charge in [0.1, 0.15) is 10.2 Å². The number of hydrogen-bond acceptors (Lipinski definition) is 2. The molecule has 34 heavy (non-hydrogen) atoms. The highest BCUT2D eigenvalue weighted by Crippen LogP contribution is 2.65. The number of halogens is 7. The second-order valence-electron chi connectivity index (χ2n) is 7.59. The van der Waals surface area contributed by atoms with Crippen LogP contribution in [0.5, 0.6) is 0 Å². The Labute approximate surface area is 224 Å². The molecule has 0 saturated heterocycles. The SMILES string of the molecule is O=C(Nc1ccc(F)cc1Cl)c1cc(NC(=O)[C@@H]2[C@@H](c3cc(Cl)cc(Cl)c3)C2(Cl)Cl)ccc1Cl. The van der Waals surface area contributed by atoms with Crippen LogP contribution in [0.3, 0.4) is 0 Å². The molecule has 1 saturated carbocycles. The lowest BCUT2D eigenvalue weighted by molar-refractivity contribution is -0.117. The summed E-state index contributed by atoms with van der Waals surface area (Å²) >= 11 is 37.0. The molecule has 3 aromatic rings. The summed E-state index contributed by atoms with van der Waals surface area (Å²) in [6.07, 6.45) is 0. The maximum Gasteiger partial charge on any atom is 0.257 e. The second kappa shape index (κ2) is 9.73. The van der Waals surface area contributed by atoms with Gasteiger partial charge in [0.05, 0.1) is 27.2 Å². The van der Waals surface area contributed by atoms with Gasteiger partial charge >= 0.3 is 0 Å². The first-order valence-corrected chi connectivity index (χ1v) is 11.9. The molecule has 0 unspecified atom stereocenters. The van der Waals surface area contributed by atoms with E-state index in [1.807, 2.05) is 0 Å². The summed E-state index contributed by atoms with van der Waals surface area (Å²) in [6, 6.07) is 12.8. The first-order chi connectivity index (χ1) is 16.0. The van der Waals surface area contributed by atoms with Gasteiger partial charge in [0, 0.05) is 21.7 Å². The molecule has 4 rings (SSSR count). The third-order valence-corrected chi connectivity index (χ3v) is 7.26. The van der Waals surface area contributed by atoms with Gasteiger partial charge in [-0.25, -0.2) is 4.39 Å². The van der Waals surface area contributed by atoms with Crippen LogP contribution in [0, 0.1) is 11.7 Å². The third kappa shape index (κ3) is 5.25. The Morgan fingerprint density at radius 3 is 2.15 bits per heavy atom. The van der Waals surface area contributed by atoms with Crippen LogP contribution in [-0.4, -0.2) is 16.1 Å².